The minimum absolute atomic E-state index is 0.00311. The fourth-order valence-corrected chi connectivity index (χ4v) is 3.73. The predicted molar refractivity (Wildman–Crippen MR) is 82.4 cm³/mol. The molecular formula is C16H27N3O3. The highest BCUT2D eigenvalue weighted by atomic mass is 16.5. The number of carbonyl (C=O) groups is 2. The van der Waals surface area contributed by atoms with Gasteiger partial charge in [-0.05, 0) is 31.6 Å². The first-order valence-electron chi connectivity index (χ1n) is 8.33. The van der Waals surface area contributed by atoms with E-state index >= 15 is 0 Å². The van der Waals surface area contributed by atoms with Crippen LogP contribution in [0.2, 0.25) is 0 Å². The molecule has 0 radical (unpaired) electrons. The molecule has 2 saturated heterocycles. The Kier molecular flexibility index (Phi) is 4.30. The number of urea groups is 1. The lowest BCUT2D eigenvalue weighted by molar-refractivity contribution is -0.129. The summed E-state index contributed by atoms with van der Waals surface area (Å²) < 4.78 is 5.49. The third-order valence-corrected chi connectivity index (χ3v) is 5.37. The minimum atomic E-state index is -0.0996. The SMILES string of the molecule is CN(C)C(=O)N1C[C@H](C(=O)NCC2CC2)C2(CCOCC2)C1. The van der Waals surface area contributed by atoms with E-state index in [2.05, 4.69) is 5.32 Å². The van der Waals surface area contributed by atoms with Crippen LogP contribution in [-0.4, -0.2) is 68.7 Å². The van der Waals surface area contributed by atoms with Crippen molar-refractivity contribution in [3.05, 3.63) is 0 Å². The molecule has 0 bridgehead atoms. The van der Waals surface area contributed by atoms with Gasteiger partial charge in [0.15, 0.2) is 0 Å². The van der Waals surface area contributed by atoms with Crippen molar-refractivity contribution in [3.63, 3.8) is 0 Å². The number of nitrogens with one attached hydrogen (secondary N) is 1. The molecule has 2 aliphatic heterocycles. The van der Waals surface area contributed by atoms with Crippen LogP contribution < -0.4 is 5.32 Å². The Balaban J connectivity index is 1.71. The molecule has 0 unspecified atom stereocenters. The molecule has 1 saturated carbocycles. The zero-order valence-corrected chi connectivity index (χ0v) is 13.6. The van der Waals surface area contributed by atoms with Gasteiger partial charge in [0, 0.05) is 52.4 Å². The van der Waals surface area contributed by atoms with Crippen molar-refractivity contribution in [1.82, 2.24) is 15.1 Å². The number of nitrogens with zero attached hydrogens (tertiary/aromatic N) is 2. The van der Waals surface area contributed by atoms with Crippen LogP contribution in [-0.2, 0) is 9.53 Å². The Labute approximate surface area is 132 Å². The second-order valence-corrected chi connectivity index (χ2v) is 7.27. The van der Waals surface area contributed by atoms with Gasteiger partial charge in [-0.1, -0.05) is 0 Å². The van der Waals surface area contributed by atoms with Crippen LogP contribution in [0.15, 0.2) is 0 Å². The zero-order valence-electron chi connectivity index (χ0n) is 13.6. The first kappa shape index (κ1) is 15.6. The highest BCUT2D eigenvalue weighted by molar-refractivity contribution is 5.82. The summed E-state index contributed by atoms with van der Waals surface area (Å²) in [6.45, 7) is 3.39. The maximum atomic E-state index is 12.7. The molecule has 6 heteroatoms. The molecule has 3 aliphatic rings. The molecule has 3 rings (SSSR count). The molecule has 22 heavy (non-hydrogen) atoms. The van der Waals surface area contributed by atoms with Crippen molar-refractivity contribution in [3.8, 4) is 0 Å². The van der Waals surface area contributed by atoms with Gasteiger partial charge in [0.25, 0.3) is 0 Å². The van der Waals surface area contributed by atoms with Crippen molar-refractivity contribution in [2.24, 2.45) is 17.3 Å². The summed E-state index contributed by atoms with van der Waals surface area (Å²) in [7, 11) is 3.53. The smallest absolute Gasteiger partial charge is 0.319 e. The normalized spacial score (nSPS) is 27.0. The van der Waals surface area contributed by atoms with Gasteiger partial charge >= 0.3 is 6.03 Å². The third kappa shape index (κ3) is 3.07. The number of amides is 3. The largest absolute Gasteiger partial charge is 0.381 e. The number of hydrogen-bond acceptors (Lipinski definition) is 3. The Morgan fingerprint density at radius 1 is 1.27 bits per heavy atom. The van der Waals surface area contributed by atoms with Crippen LogP contribution in [0.5, 0.6) is 0 Å². The molecule has 1 atom stereocenters. The van der Waals surface area contributed by atoms with E-state index in [-0.39, 0.29) is 23.3 Å². The van der Waals surface area contributed by atoms with Crippen LogP contribution in [0.4, 0.5) is 4.79 Å². The van der Waals surface area contributed by atoms with E-state index in [0.29, 0.717) is 32.2 Å². The fraction of sp³-hybridized carbons (Fsp3) is 0.875. The summed E-state index contributed by atoms with van der Waals surface area (Å²) in [4.78, 5) is 28.4. The Hall–Kier alpha value is -1.30. The highest BCUT2D eigenvalue weighted by Gasteiger charge is 2.52. The summed E-state index contributed by atoms with van der Waals surface area (Å²) in [5, 5.41) is 3.12. The lowest BCUT2D eigenvalue weighted by Crippen LogP contribution is -2.44. The summed E-state index contributed by atoms with van der Waals surface area (Å²) >= 11 is 0. The average molecular weight is 309 g/mol. The standard InChI is InChI=1S/C16H27N3O3/c1-18(2)15(21)19-10-13(14(20)17-9-12-3-4-12)16(11-19)5-7-22-8-6-16/h12-13H,3-11H2,1-2H3,(H,17,20)/t13-/m1/s1. The molecule has 0 aromatic heterocycles. The Bertz CT molecular complexity index is 442. The molecule has 3 amide bonds. The van der Waals surface area contributed by atoms with E-state index in [1.807, 2.05) is 4.90 Å². The summed E-state index contributed by atoms with van der Waals surface area (Å²) in [5.74, 6) is 0.706. The lowest BCUT2D eigenvalue weighted by atomic mass is 9.72. The molecule has 1 N–H and O–H groups in total. The quantitative estimate of drug-likeness (QED) is 0.843. The highest BCUT2D eigenvalue weighted by Crippen LogP contribution is 2.44. The zero-order chi connectivity index (χ0) is 15.7. The van der Waals surface area contributed by atoms with Crippen LogP contribution in [0.1, 0.15) is 25.7 Å². The van der Waals surface area contributed by atoms with E-state index in [0.717, 1.165) is 19.4 Å². The van der Waals surface area contributed by atoms with Crippen molar-refractivity contribution < 1.29 is 14.3 Å². The first-order chi connectivity index (χ1) is 10.5. The lowest BCUT2D eigenvalue weighted by Gasteiger charge is -2.37. The Morgan fingerprint density at radius 3 is 2.55 bits per heavy atom. The number of hydrogen-bond donors (Lipinski definition) is 1. The van der Waals surface area contributed by atoms with Gasteiger partial charge < -0.3 is 19.9 Å². The molecule has 3 fully saturated rings. The van der Waals surface area contributed by atoms with E-state index in [9.17, 15) is 9.59 Å². The molecule has 1 spiro atoms. The molecule has 0 aromatic rings. The van der Waals surface area contributed by atoms with Gasteiger partial charge in [-0.3, -0.25) is 4.79 Å². The van der Waals surface area contributed by atoms with E-state index in [4.69, 9.17) is 4.74 Å². The summed E-state index contributed by atoms with van der Waals surface area (Å²) in [5.41, 5.74) is -0.0996. The van der Waals surface area contributed by atoms with Crippen molar-refractivity contribution in [1.29, 1.82) is 0 Å². The summed E-state index contributed by atoms with van der Waals surface area (Å²) in [6.07, 6.45) is 4.20. The van der Waals surface area contributed by atoms with Crippen LogP contribution in [0.3, 0.4) is 0 Å². The van der Waals surface area contributed by atoms with Crippen molar-refractivity contribution >= 4 is 11.9 Å². The van der Waals surface area contributed by atoms with E-state index in [1.165, 1.54) is 12.8 Å². The molecule has 0 aromatic carbocycles. The van der Waals surface area contributed by atoms with Crippen molar-refractivity contribution in [2.45, 2.75) is 25.7 Å². The van der Waals surface area contributed by atoms with Crippen molar-refractivity contribution in [2.75, 3.05) is 46.9 Å². The first-order valence-corrected chi connectivity index (χ1v) is 8.33. The predicted octanol–water partition coefficient (Wildman–Crippen LogP) is 0.923. The molecule has 124 valence electrons. The third-order valence-electron chi connectivity index (χ3n) is 5.37. The number of rotatable bonds is 3. The topological polar surface area (TPSA) is 61.9 Å². The minimum Gasteiger partial charge on any atom is -0.381 e. The number of ether oxygens (including phenoxy) is 1. The van der Waals surface area contributed by atoms with E-state index < -0.39 is 0 Å². The van der Waals surface area contributed by atoms with Gasteiger partial charge in [0.1, 0.15) is 0 Å². The molecule has 1 aliphatic carbocycles. The molecule has 2 heterocycles. The van der Waals surface area contributed by atoms with E-state index in [1.54, 1.807) is 19.0 Å². The fourth-order valence-electron chi connectivity index (χ4n) is 3.73. The second-order valence-electron chi connectivity index (χ2n) is 7.27. The number of carbonyl (C=O) groups excluding carboxylic acids is 2. The van der Waals surface area contributed by atoms with Gasteiger partial charge in [-0.25, -0.2) is 4.79 Å². The van der Waals surface area contributed by atoms with Crippen LogP contribution in [0.25, 0.3) is 0 Å². The van der Waals surface area contributed by atoms with Crippen LogP contribution >= 0.6 is 0 Å². The van der Waals surface area contributed by atoms with Gasteiger partial charge in [-0.2, -0.15) is 0 Å². The maximum absolute atomic E-state index is 12.7. The monoisotopic (exact) mass is 309 g/mol. The number of likely N-dealkylation sites (tertiary alicyclic amines) is 1. The average Bonchev–Trinajstić information content (AvgIpc) is 3.27. The van der Waals surface area contributed by atoms with Gasteiger partial charge in [-0.15, -0.1) is 0 Å². The second kappa shape index (κ2) is 6.07. The maximum Gasteiger partial charge on any atom is 0.319 e. The summed E-state index contributed by atoms with van der Waals surface area (Å²) in [6, 6.07) is 0.00311. The van der Waals surface area contributed by atoms with Crippen LogP contribution in [0, 0.1) is 17.3 Å². The van der Waals surface area contributed by atoms with Gasteiger partial charge in [0.2, 0.25) is 5.91 Å². The van der Waals surface area contributed by atoms with Gasteiger partial charge in [0.05, 0.1) is 5.92 Å². The molecule has 6 nitrogen and oxygen atoms in total. The Morgan fingerprint density at radius 2 is 1.95 bits per heavy atom. The molecular weight excluding hydrogens is 282 g/mol.